The van der Waals surface area contributed by atoms with E-state index in [-0.39, 0.29) is 31.1 Å². The number of ether oxygens (including phenoxy) is 3. The minimum absolute atomic E-state index is 0.0611. The van der Waals surface area contributed by atoms with Crippen LogP contribution in [0.5, 0.6) is 0 Å². The quantitative estimate of drug-likeness (QED) is 0.0343. The Morgan fingerprint density at radius 2 is 0.409 bits per heavy atom. The molecule has 0 aromatic carbocycles. The molecule has 0 radical (unpaired) electrons. The first-order valence-corrected chi connectivity index (χ1v) is 30.0. The summed E-state index contributed by atoms with van der Waals surface area (Å²) in [7, 11) is 0. The van der Waals surface area contributed by atoms with Crippen LogP contribution in [0.15, 0.2) is 0 Å². The van der Waals surface area contributed by atoms with Crippen LogP contribution in [0.25, 0.3) is 0 Å². The first-order chi connectivity index (χ1) is 32.5. The molecule has 0 N–H and O–H groups in total. The van der Waals surface area contributed by atoms with E-state index in [1.807, 2.05) is 0 Å². The zero-order valence-corrected chi connectivity index (χ0v) is 45.0. The molecule has 6 heteroatoms. The maximum atomic E-state index is 12.9. The molecule has 0 saturated carbocycles. The van der Waals surface area contributed by atoms with Crippen molar-refractivity contribution in [1.82, 2.24) is 0 Å². The third-order valence-corrected chi connectivity index (χ3v) is 13.9. The predicted octanol–water partition coefficient (Wildman–Crippen LogP) is 19.9. The lowest BCUT2D eigenvalue weighted by Crippen LogP contribution is -2.30. The molecule has 392 valence electrons. The van der Waals surface area contributed by atoms with Crippen LogP contribution in [0.3, 0.4) is 0 Å². The number of hydrogen-bond acceptors (Lipinski definition) is 6. The minimum Gasteiger partial charge on any atom is -0.462 e. The largest absolute Gasteiger partial charge is 0.462 e. The SMILES string of the molecule is CCCCCCCCCCCCCCCCCCCCCC(=O)OCC(COC(=O)CCCCCCCCCCCC)OC(=O)CCCCCCCCCCCCCCCCCCCCC. The summed E-state index contributed by atoms with van der Waals surface area (Å²) < 4.78 is 16.9. The van der Waals surface area contributed by atoms with Gasteiger partial charge in [-0.3, -0.25) is 14.4 Å². The summed E-state index contributed by atoms with van der Waals surface area (Å²) in [6, 6.07) is 0. The monoisotopic (exact) mass is 933 g/mol. The molecule has 0 rings (SSSR count). The summed E-state index contributed by atoms with van der Waals surface area (Å²) in [5, 5.41) is 0. The van der Waals surface area contributed by atoms with E-state index in [0.717, 1.165) is 57.8 Å². The van der Waals surface area contributed by atoms with Gasteiger partial charge in [0.2, 0.25) is 0 Å². The second-order valence-electron chi connectivity index (χ2n) is 20.6. The third kappa shape index (κ3) is 53.4. The van der Waals surface area contributed by atoms with Crippen molar-refractivity contribution in [3.05, 3.63) is 0 Å². The Bertz CT molecular complexity index is 982. The van der Waals surface area contributed by atoms with E-state index in [1.165, 1.54) is 250 Å². The molecule has 0 aromatic heterocycles. The number of unbranched alkanes of at least 4 members (excludes halogenated alkanes) is 45. The van der Waals surface area contributed by atoms with Crippen LogP contribution in [0.1, 0.15) is 348 Å². The Kier molecular flexibility index (Phi) is 54.7. The van der Waals surface area contributed by atoms with Gasteiger partial charge in [0.05, 0.1) is 0 Å². The van der Waals surface area contributed by atoms with Crippen molar-refractivity contribution in [1.29, 1.82) is 0 Å². The molecule has 0 heterocycles. The normalized spacial score (nSPS) is 11.9. The van der Waals surface area contributed by atoms with Gasteiger partial charge >= 0.3 is 17.9 Å². The fraction of sp³-hybridized carbons (Fsp3) is 0.950. The van der Waals surface area contributed by atoms with Crippen molar-refractivity contribution >= 4 is 17.9 Å². The molecule has 0 bridgehead atoms. The fourth-order valence-corrected chi connectivity index (χ4v) is 9.33. The second-order valence-corrected chi connectivity index (χ2v) is 20.6. The van der Waals surface area contributed by atoms with E-state index in [9.17, 15) is 14.4 Å². The molecular weight excluding hydrogens is 817 g/mol. The minimum atomic E-state index is -0.761. The summed E-state index contributed by atoms with van der Waals surface area (Å²) in [5.74, 6) is -0.832. The van der Waals surface area contributed by atoms with Gasteiger partial charge in [0.15, 0.2) is 6.10 Å². The van der Waals surface area contributed by atoms with Gasteiger partial charge in [-0.1, -0.05) is 310 Å². The molecule has 0 saturated heterocycles. The van der Waals surface area contributed by atoms with Gasteiger partial charge in [0.25, 0.3) is 0 Å². The van der Waals surface area contributed by atoms with Crippen LogP contribution in [0.4, 0.5) is 0 Å². The van der Waals surface area contributed by atoms with E-state index in [4.69, 9.17) is 14.2 Å². The summed E-state index contributed by atoms with van der Waals surface area (Å²) in [6.45, 7) is 6.70. The summed E-state index contributed by atoms with van der Waals surface area (Å²) in [4.78, 5) is 38.1. The molecule has 0 fully saturated rings. The van der Waals surface area contributed by atoms with Crippen LogP contribution >= 0.6 is 0 Å². The van der Waals surface area contributed by atoms with E-state index in [1.54, 1.807) is 0 Å². The average Bonchev–Trinajstić information content (AvgIpc) is 3.31. The molecule has 0 amide bonds. The summed E-state index contributed by atoms with van der Waals surface area (Å²) in [5.41, 5.74) is 0. The highest BCUT2D eigenvalue weighted by atomic mass is 16.6. The number of rotatable bonds is 56. The van der Waals surface area contributed by atoms with E-state index in [2.05, 4.69) is 20.8 Å². The van der Waals surface area contributed by atoms with Crippen molar-refractivity contribution in [3.63, 3.8) is 0 Å². The first-order valence-electron chi connectivity index (χ1n) is 30.0. The van der Waals surface area contributed by atoms with Crippen LogP contribution in [-0.4, -0.2) is 37.2 Å². The van der Waals surface area contributed by atoms with Crippen molar-refractivity contribution in [2.24, 2.45) is 0 Å². The molecule has 0 aliphatic rings. The Balaban J connectivity index is 4.21. The van der Waals surface area contributed by atoms with Crippen LogP contribution in [0.2, 0.25) is 0 Å². The standard InChI is InChI=1S/C60H116O6/c1-4-7-10-13-16-19-22-24-26-28-30-32-34-36-38-41-44-47-50-53-59(62)65-56-57(55-64-58(61)52-49-46-43-40-21-18-15-12-9-6-3)66-60(63)54-51-48-45-42-39-37-35-33-31-29-27-25-23-20-17-14-11-8-5-2/h57H,4-56H2,1-3H3. The molecular formula is C60H116O6. The number of hydrogen-bond donors (Lipinski definition) is 0. The van der Waals surface area contributed by atoms with Gasteiger partial charge in [-0.25, -0.2) is 0 Å². The van der Waals surface area contributed by atoms with Crippen molar-refractivity contribution < 1.29 is 28.6 Å². The van der Waals surface area contributed by atoms with E-state index in [0.29, 0.717) is 19.3 Å². The maximum absolute atomic E-state index is 12.9. The number of esters is 3. The van der Waals surface area contributed by atoms with E-state index < -0.39 is 6.10 Å². The highest BCUT2D eigenvalue weighted by molar-refractivity contribution is 5.71. The highest BCUT2D eigenvalue weighted by Gasteiger charge is 2.19. The first kappa shape index (κ1) is 64.4. The Hall–Kier alpha value is -1.59. The molecule has 0 aromatic rings. The lowest BCUT2D eigenvalue weighted by molar-refractivity contribution is -0.167. The average molecular weight is 934 g/mol. The van der Waals surface area contributed by atoms with Gasteiger partial charge in [-0.2, -0.15) is 0 Å². The van der Waals surface area contributed by atoms with Crippen molar-refractivity contribution in [2.45, 2.75) is 354 Å². The van der Waals surface area contributed by atoms with Crippen LogP contribution in [0, 0.1) is 0 Å². The molecule has 0 aliphatic heterocycles. The van der Waals surface area contributed by atoms with Crippen molar-refractivity contribution in [2.75, 3.05) is 13.2 Å². The topological polar surface area (TPSA) is 78.9 Å². The smallest absolute Gasteiger partial charge is 0.306 e. The van der Waals surface area contributed by atoms with Crippen LogP contribution < -0.4 is 0 Å². The number of carbonyl (C=O) groups is 3. The zero-order chi connectivity index (χ0) is 47.9. The zero-order valence-electron chi connectivity index (χ0n) is 45.0. The van der Waals surface area contributed by atoms with Crippen LogP contribution in [-0.2, 0) is 28.6 Å². The van der Waals surface area contributed by atoms with Gasteiger partial charge in [0.1, 0.15) is 13.2 Å². The molecule has 1 atom stereocenters. The molecule has 6 nitrogen and oxygen atoms in total. The van der Waals surface area contributed by atoms with Gasteiger partial charge < -0.3 is 14.2 Å². The number of carbonyl (C=O) groups excluding carboxylic acids is 3. The van der Waals surface area contributed by atoms with Crippen molar-refractivity contribution in [3.8, 4) is 0 Å². The lowest BCUT2D eigenvalue weighted by Gasteiger charge is -2.18. The predicted molar refractivity (Wildman–Crippen MR) is 284 cm³/mol. The summed E-state index contributed by atoms with van der Waals surface area (Å²) >= 11 is 0. The lowest BCUT2D eigenvalue weighted by atomic mass is 10.0. The maximum Gasteiger partial charge on any atom is 0.306 e. The third-order valence-electron chi connectivity index (χ3n) is 13.9. The molecule has 0 aliphatic carbocycles. The molecule has 0 spiro atoms. The van der Waals surface area contributed by atoms with Gasteiger partial charge in [0, 0.05) is 19.3 Å². The second kappa shape index (κ2) is 56.0. The Morgan fingerprint density at radius 1 is 0.242 bits per heavy atom. The van der Waals surface area contributed by atoms with Gasteiger partial charge in [-0.15, -0.1) is 0 Å². The summed E-state index contributed by atoms with van der Waals surface area (Å²) in [6.07, 6.45) is 62.5. The Labute approximate surface area is 412 Å². The highest BCUT2D eigenvalue weighted by Crippen LogP contribution is 2.18. The molecule has 66 heavy (non-hydrogen) atoms. The Morgan fingerprint density at radius 3 is 0.606 bits per heavy atom. The molecule has 1 unspecified atom stereocenters. The fourth-order valence-electron chi connectivity index (χ4n) is 9.33. The van der Waals surface area contributed by atoms with Gasteiger partial charge in [-0.05, 0) is 19.3 Å². The van der Waals surface area contributed by atoms with E-state index >= 15 is 0 Å².